The third kappa shape index (κ3) is 5.87. The van der Waals surface area contributed by atoms with Gasteiger partial charge in [-0.05, 0) is 23.6 Å². The van der Waals surface area contributed by atoms with Crippen LogP contribution in [0.3, 0.4) is 0 Å². The van der Waals surface area contributed by atoms with E-state index in [-0.39, 0.29) is 23.1 Å². The van der Waals surface area contributed by atoms with Gasteiger partial charge >= 0.3 is 0 Å². The van der Waals surface area contributed by atoms with Gasteiger partial charge in [-0.3, -0.25) is 9.59 Å². The van der Waals surface area contributed by atoms with Gasteiger partial charge in [-0.15, -0.1) is 0 Å². The summed E-state index contributed by atoms with van der Waals surface area (Å²) >= 11 is 0. The van der Waals surface area contributed by atoms with Crippen molar-refractivity contribution in [2.75, 3.05) is 10.6 Å². The van der Waals surface area contributed by atoms with E-state index in [1.54, 1.807) is 12.1 Å². The first-order valence-electron chi connectivity index (χ1n) is 6.88. The van der Waals surface area contributed by atoms with Gasteiger partial charge in [-0.1, -0.05) is 40.7 Å². The van der Waals surface area contributed by atoms with Gasteiger partial charge in [0, 0.05) is 23.7 Å². The highest BCUT2D eigenvalue weighted by molar-refractivity contribution is 5.94. The number of benzene rings is 1. The number of carbonyl (C=O) groups excluding carboxylic acids is 2. The lowest BCUT2D eigenvalue weighted by Crippen LogP contribution is -2.20. The van der Waals surface area contributed by atoms with Crippen LogP contribution in [0.5, 0.6) is 0 Å². The van der Waals surface area contributed by atoms with Crippen LogP contribution in [0.1, 0.15) is 41.0 Å². The molecule has 0 spiro atoms. The molecule has 110 valence electrons. The second-order valence-electron chi connectivity index (χ2n) is 6.51. The van der Waals surface area contributed by atoms with E-state index in [0.717, 1.165) is 0 Å². The Kier molecular flexibility index (Phi) is 5.31. The summed E-state index contributed by atoms with van der Waals surface area (Å²) in [6.07, 6.45) is 0.454. The standard InChI is InChI=1S/C16H24N2O2/c1-11(2)15(20)18-13-8-6-7-12(9-13)17-14(19)10-16(3,4)5/h6-9,11H,10H2,1-5H3,(H,17,19)(H,18,20). The van der Waals surface area contributed by atoms with Crippen molar-refractivity contribution in [3.8, 4) is 0 Å². The summed E-state index contributed by atoms with van der Waals surface area (Å²) < 4.78 is 0. The van der Waals surface area contributed by atoms with E-state index < -0.39 is 0 Å². The molecule has 0 radical (unpaired) electrons. The molecule has 4 nitrogen and oxygen atoms in total. The summed E-state index contributed by atoms with van der Waals surface area (Å²) in [4.78, 5) is 23.5. The number of rotatable bonds is 4. The van der Waals surface area contributed by atoms with Gasteiger partial charge in [-0.25, -0.2) is 0 Å². The third-order valence-electron chi connectivity index (χ3n) is 2.63. The fourth-order valence-corrected chi connectivity index (χ4v) is 1.65. The molecular weight excluding hydrogens is 252 g/mol. The van der Waals surface area contributed by atoms with E-state index in [1.807, 2.05) is 46.8 Å². The van der Waals surface area contributed by atoms with Crippen molar-refractivity contribution in [3.05, 3.63) is 24.3 Å². The zero-order chi connectivity index (χ0) is 15.3. The highest BCUT2D eigenvalue weighted by atomic mass is 16.2. The molecule has 0 aliphatic heterocycles. The topological polar surface area (TPSA) is 58.2 Å². The first kappa shape index (κ1) is 16.2. The Hall–Kier alpha value is -1.84. The van der Waals surface area contributed by atoms with E-state index in [4.69, 9.17) is 0 Å². The van der Waals surface area contributed by atoms with Gasteiger partial charge < -0.3 is 10.6 Å². The number of amides is 2. The van der Waals surface area contributed by atoms with Gasteiger partial charge in [0.15, 0.2) is 0 Å². The van der Waals surface area contributed by atoms with E-state index >= 15 is 0 Å². The second kappa shape index (κ2) is 6.55. The normalized spacial score (nSPS) is 11.3. The van der Waals surface area contributed by atoms with Crippen LogP contribution in [0.25, 0.3) is 0 Å². The fourth-order valence-electron chi connectivity index (χ4n) is 1.65. The van der Waals surface area contributed by atoms with Crippen LogP contribution >= 0.6 is 0 Å². The van der Waals surface area contributed by atoms with Crippen LogP contribution in [-0.4, -0.2) is 11.8 Å². The molecule has 0 aliphatic rings. The molecule has 2 amide bonds. The van der Waals surface area contributed by atoms with Crippen molar-refractivity contribution in [3.63, 3.8) is 0 Å². The molecule has 0 atom stereocenters. The Morgan fingerprint density at radius 2 is 1.65 bits per heavy atom. The molecule has 0 bridgehead atoms. The Labute approximate surface area is 121 Å². The van der Waals surface area contributed by atoms with Crippen molar-refractivity contribution in [1.82, 2.24) is 0 Å². The lowest BCUT2D eigenvalue weighted by Gasteiger charge is -2.17. The molecule has 2 N–H and O–H groups in total. The van der Waals surface area contributed by atoms with Crippen LogP contribution < -0.4 is 10.6 Å². The van der Waals surface area contributed by atoms with Crippen LogP contribution in [0.2, 0.25) is 0 Å². The summed E-state index contributed by atoms with van der Waals surface area (Å²) in [5.74, 6) is -0.137. The second-order valence-corrected chi connectivity index (χ2v) is 6.51. The Balaban J connectivity index is 2.69. The molecule has 20 heavy (non-hydrogen) atoms. The van der Waals surface area contributed by atoms with Gasteiger partial charge in [0.25, 0.3) is 0 Å². The highest BCUT2D eigenvalue weighted by Gasteiger charge is 2.16. The van der Waals surface area contributed by atoms with Crippen molar-refractivity contribution in [2.24, 2.45) is 11.3 Å². The van der Waals surface area contributed by atoms with Gasteiger partial charge in [0.1, 0.15) is 0 Å². The van der Waals surface area contributed by atoms with Crippen molar-refractivity contribution < 1.29 is 9.59 Å². The predicted molar refractivity (Wildman–Crippen MR) is 82.6 cm³/mol. The fraction of sp³-hybridized carbons (Fsp3) is 0.500. The number of nitrogens with one attached hydrogen (secondary N) is 2. The van der Waals surface area contributed by atoms with Gasteiger partial charge in [0.2, 0.25) is 11.8 Å². The van der Waals surface area contributed by atoms with Crippen LogP contribution in [0.4, 0.5) is 11.4 Å². The van der Waals surface area contributed by atoms with Crippen molar-refractivity contribution in [1.29, 1.82) is 0 Å². The zero-order valence-corrected chi connectivity index (χ0v) is 12.9. The van der Waals surface area contributed by atoms with Gasteiger partial charge in [-0.2, -0.15) is 0 Å². The quantitative estimate of drug-likeness (QED) is 0.881. The van der Waals surface area contributed by atoms with Crippen LogP contribution in [-0.2, 0) is 9.59 Å². The van der Waals surface area contributed by atoms with E-state index in [2.05, 4.69) is 10.6 Å². The molecule has 0 aromatic heterocycles. The smallest absolute Gasteiger partial charge is 0.226 e. The minimum atomic E-state index is -0.0749. The molecule has 1 rings (SSSR count). The molecule has 0 heterocycles. The average molecular weight is 276 g/mol. The first-order chi connectivity index (χ1) is 9.17. The molecular formula is C16H24N2O2. The zero-order valence-electron chi connectivity index (χ0n) is 12.9. The van der Waals surface area contributed by atoms with E-state index in [9.17, 15) is 9.59 Å². The molecule has 1 aromatic rings. The summed E-state index contributed by atoms with van der Waals surface area (Å²) in [6.45, 7) is 9.73. The molecule has 0 aliphatic carbocycles. The SMILES string of the molecule is CC(C)C(=O)Nc1cccc(NC(=O)CC(C)(C)C)c1. The lowest BCUT2D eigenvalue weighted by molar-refractivity contribution is -0.119. The maximum Gasteiger partial charge on any atom is 0.226 e. The van der Waals surface area contributed by atoms with Crippen molar-refractivity contribution in [2.45, 2.75) is 41.0 Å². The first-order valence-corrected chi connectivity index (χ1v) is 6.88. The summed E-state index contributed by atoms with van der Waals surface area (Å²) in [6, 6.07) is 7.19. The Morgan fingerprint density at radius 1 is 1.10 bits per heavy atom. The molecule has 0 saturated carbocycles. The van der Waals surface area contributed by atoms with E-state index in [0.29, 0.717) is 17.8 Å². The largest absolute Gasteiger partial charge is 0.326 e. The molecule has 1 aromatic carbocycles. The summed E-state index contributed by atoms with van der Waals surface area (Å²) in [7, 11) is 0. The molecule has 4 heteroatoms. The Bertz CT molecular complexity index is 487. The third-order valence-corrected chi connectivity index (χ3v) is 2.63. The van der Waals surface area contributed by atoms with E-state index in [1.165, 1.54) is 0 Å². The van der Waals surface area contributed by atoms with Crippen molar-refractivity contribution >= 4 is 23.2 Å². The number of hydrogen-bond donors (Lipinski definition) is 2. The average Bonchev–Trinajstić information content (AvgIpc) is 2.26. The predicted octanol–water partition coefficient (Wildman–Crippen LogP) is 3.66. The van der Waals surface area contributed by atoms with Crippen LogP contribution in [0.15, 0.2) is 24.3 Å². The number of carbonyl (C=O) groups is 2. The maximum atomic E-state index is 11.9. The summed E-state index contributed by atoms with van der Waals surface area (Å²) in [5.41, 5.74) is 1.34. The lowest BCUT2D eigenvalue weighted by atomic mass is 9.92. The summed E-state index contributed by atoms with van der Waals surface area (Å²) in [5, 5.41) is 5.66. The maximum absolute atomic E-state index is 11.9. The monoisotopic (exact) mass is 276 g/mol. The molecule has 0 unspecified atom stereocenters. The molecule has 0 saturated heterocycles. The van der Waals surface area contributed by atoms with Crippen LogP contribution in [0, 0.1) is 11.3 Å². The number of anilines is 2. The molecule has 0 fully saturated rings. The minimum absolute atomic E-state index is 0.0233. The van der Waals surface area contributed by atoms with Gasteiger partial charge in [0.05, 0.1) is 0 Å². The minimum Gasteiger partial charge on any atom is -0.326 e. The Morgan fingerprint density at radius 3 is 2.15 bits per heavy atom. The number of hydrogen-bond acceptors (Lipinski definition) is 2. The highest BCUT2D eigenvalue weighted by Crippen LogP contribution is 2.21.